The van der Waals surface area contributed by atoms with Gasteiger partial charge in [-0.2, -0.15) is 0 Å². The molecule has 0 aromatic heterocycles. The topological polar surface area (TPSA) is 68.2 Å². The number of fused-ring (bicyclic) bond motifs is 1. The zero-order valence-electron chi connectivity index (χ0n) is 15.4. The molecule has 27 heavy (non-hydrogen) atoms. The molecule has 0 spiro atoms. The molecular formula is C19H21BrN2O4S. The Morgan fingerprint density at radius 1 is 1.33 bits per heavy atom. The van der Waals surface area contributed by atoms with Gasteiger partial charge in [-0.25, -0.2) is 9.79 Å². The van der Waals surface area contributed by atoms with E-state index in [1.54, 1.807) is 18.9 Å². The van der Waals surface area contributed by atoms with Gasteiger partial charge in [0, 0.05) is 11.6 Å². The van der Waals surface area contributed by atoms with Gasteiger partial charge in [-0.3, -0.25) is 9.69 Å². The Kier molecular flexibility index (Phi) is 6.39. The summed E-state index contributed by atoms with van der Waals surface area (Å²) in [6.45, 7) is 4.21. The summed E-state index contributed by atoms with van der Waals surface area (Å²) < 4.78 is 11.1. The van der Waals surface area contributed by atoms with Gasteiger partial charge in [-0.05, 0) is 25.0 Å². The summed E-state index contributed by atoms with van der Waals surface area (Å²) in [5.74, 6) is -0.512. The number of esters is 1. The maximum absolute atomic E-state index is 13.0. The van der Waals surface area contributed by atoms with Gasteiger partial charge in [0.15, 0.2) is 5.17 Å². The van der Waals surface area contributed by atoms with Gasteiger partial charge in [0.05, 0.1) is 29.2 Å². The number of ether oxygens (including phenoxy) is 2. The largest absolute Gasteiger partial charge is 0.460 e. The molecule has 2 atom stereocenters. The van der Waals surface area contributed by atoms with Gasteiger partial charge in [0.25, 0.3) is 0 Å². The van der Waals surface area contributed by atoms with Crippen molar-refractivity contribution >= 4 is 44.7 Å². The number of allylic oxidation sites excluding steroid dienone is 1. The van der Waals surface area contributed by atoms with Crippen LogP contribution in [0.15, 0.2) is 45.0 Å². The summed E-state index contributed by atoms with van der Waals surface area (Å²) >= 11 is 5.01. The van der Waals surface area contributed by atoms with Crippen molar-refractivity contribution in [3.05, 3.63) is 45.6 Å². The molecule has 0 N–H and O–H groups in total. The summed E-state index contributed by atoms with van der Waals surface area (Å²) in [6.07, 6.45) is 0.703. The molecule has 1 aromatic rings. The standard InChI is InChI=1S/C19H21BrN2O4S/c1-4-14-17(23)22-16(12-7-5-6-8-13(12)20)15(11(2)21-19(22)27-14)18(24)26-10-9-25-3/h5-8,14,16H,4,9-10H2,1-3H3. The third-order valence-electron chi connectivity index (χ3n) is 4.46. The lowest BCUT2D eigenvalue weighted by Crippen LogP contribution is -2.41. The second kappa shape index (κ2) is 8.58. The number of amides is 1. The van der Waals surface area contributed by atoms with Gasteiger partial charge in [0.1, 0.15) is 6.61 Å². The predicted molar refractivity (Wildman–Crippen MR) is 108 cm³/mol. The van der Waals surface area contributed by atoms with E-state index in [0.29, 0.717) is 29.5 Å². The number of thioether (sulfide) groups is 1. The Labute approximate surface area is 171 Å². The number of nitrogens with zero attached hydrogens (tertiary/aromatic N) is 2. The van der Waals surface area contributed by atoms with Gasteiger partial charge in [-0.1, -0.05) is 52.8 Å². The van der Waals surface area contributed by atoms with Crippen molar-refractivity contribution < 1.29 is 19.1 Å². The number of hydrogen-bond acceptors (Lipinski definition) is 6. The third-order valence-corrected chi connectivity index (χ3v) is 6.50. The second-order valence-corrected chi connectivity index (χ2v) is 8.19. The molecular weight excluding hydrogens is 432 g/mol. The molecule has 0 aliphatic carbocycles. The minimum atomic E-state index is -0.570. The highest BCUT2D eigenvalue weighted by molar-refractivity contribution is 9.10. The lowest BCUT2D eigenvalue weighted by molar-refractivity contribution is -0.141. The number of methoxy groups -OCH3 is 1. The van der Waals surface area contributed by atoms with E-state index in [2.05, 4.69) is 20.9 Å². The molecule has 2 unspecified atom stereocenters. The monoisotopic (exact) mass is 452 g/mol. The number of halogens is 1. The molecule has 1 fully saturated rings. The van der Waals surface area contributed by atoms with Crippen LogP contribution < -0.4 is 0 Å². The average molecular weight is 453 g/mol. The Morgan fingerprint density at radius 3 is 2.74 bits per heavy atom. The minimum absolute atomic E-state index is 0.0308. The molecule has 8 heteroatoms. The van der Waals surface area contributed by atoms with Crippen molar-refractivity contribution in [3.63, 3.8) is 0 Å². The van der Waals surface area contributed by atoms with E-state index in [9.17, 15) is 9.59 Å². The summed E-state index contributed by atoms with van der Waals surface area (Å²) in [5, 5.41) is 0.448. The first-order chi connectivity index (χ1) is 13.0. The minimum Gasteiger partial charge on any atom is -0.460 e. The number of amidine groups is 1. The van der Waals surface area contributed by atoms with Crippen LogP contribution in [0.2, 0.25) is 0 Å². The molecule has 1 saturated heterocycles. The second-order valence-electron chi connectivity index (χ2n) is 6.17. The number of carbonyl (C=O) groups excluding carboxylic acids is 2. The van der Waals surface area contributed by atoms with Crippen LogP contribution >= 0.6 is 27.7 Å². The van der Waals surface area contributed by atoms with Gasteiger partial charge >= 0.3 is 5.97 Å². The molecule has 144 valence electrons. The Bertz CT molecular complexity index is 824. The highest BCUT2D eigenvalue weighted by Crippen LogP contribution is 2.45. The molecule has 0 bridgehead atoms. The quantitative estimate of drug-likeness (QED) is 0.486. The zero-order chi connectivity index (χ0) is 19.6. The molecule has 2 heterocycles. The smallest absolute Gasteiger partial charge is 0.338 e. The highest BCUT2D eigenvalue weighted by atomic mass is 79.9. The van der Waals surface area contributed by atoms with E-state index in [4.69, 9.17) is 9.47 Å². The fraction of sp³-hybridized carbons (Fsp3) is 0.421. The molecule has 2 aliphatic rings. The molecule has 0 saturated carbocycles. The van der Waals surface area contributed by atoms with E-state index < -0.39 is 12.0 Å². The Hall–Kier alpha value is -1.64. The summed E-state index contributed by atoms with van der Waals surface area (Å²) in [7, 11) is 1.55. The third kappa shape index (κ3) is 3.83. The van der Waals surface area contributed by atoms with Crippen LogP contribution in [0.25, 0.3) is 0 Å². The number of hydrogen-bond donors (Lipinski definition) is 0. The van der Waals surface area contributed by atoms with E-state index in [0.717, 1.165) is 10.0 Å². The van der Waals surface area contributed by atoms with E-state index >= 15 is 0 Å². The van der Waals surface area contributed by atoms with Crippen molar-refractivity contribution in [3.8, 4) is 0 Å². The van der Waals surface area contributed by atoms with Gasteiger partial charge in [0.2, 0.25) is 5.91 Å². The van der Waals surface area contributed by atoms with Crippen molar-refractivity contribution in [2.45, 2.75) is 31.6 Å². The Morgan fingerprint density at radius 2 is 2.07 bits per heavy atom. The maximum atomic E-state index is 13.0. The summed E-state index contributed by atoms with van der Waals surface area (Å²) in [6, 6.07) is 7.02. The van der Waals surface area contributed by atoms with E-state index in [-0.39, 0.29) is 17.8 Å². The average Bonchev–Trinajstić information content (AvgIpc) is 2.96. The number of rotatable bonds is 6. The normalized spacial score (nSPS) is 22.0. The van der Waals surface area contributed by atoms with E-state index in [1.165, 1.54) is 11.8 Å². The van der Waals surface area contributed by atoms with Crippen LogP contribution in [0.5, 0.6) is 0 Å². The molecule has 2 aliphatic heterocycles. The molecule has 6 nitrogen and oxygen atoms in total. The van der Waals surface area contributed by atoms with Crippen LogP contribution in [-0.4, -0.2) is 47.5 Å². The first-order valence-electron chi connectivity index (χ1n) is 8.69. The Balaban J connectivity index is 2.07. The van der Waals surface area contributed by atoms with Crippen molar-refractivity contribution in [1.82, 2.24) is 4.90 Å². The lowest BCUT2D eigenvalue weighted by atomic mass is 9.94. The summed E-state index contributed by atoms with van der Waals surface area (Å²) in [4.78, 5) is 32.1. The zero-order valence-corrected chi connectivity index (χ0v) is 17.8. The SMILES string of the molecule is CCC1SC2=NC(C)=C(C(=O)OCCOC)C(c3ccccc3Br)N2C1=O. The summed E-state index contributed by atoms with van der Waals surface area (Å²) in [5.41, 5.74) is 1.78. The highest BCUT2D eigenvalue weighted by Gasteiger charge is 2.47. The van der Waals surface area contributed by atoms with Gasteiger partial charge < -0.3 is 9.47 Å². The fourth-order valence-corrected chi connectivity index (χ4v) is 4.77. The molecule has 1 aromatic carbocycles. The van der Waals surface area contributed by atoms with Crippen LogP contribution in [-0.2, 0) is 19.1 Å². The molecule has 0 radical (unpaired) electrons. The number of aliphatic imine (C=N–C) groups is 1. The van der Waals surface area contributed by atoms with Gasteiger partial charge in [-0.15, -0.1) is 0 Å². The first-order valence-corrected chi connectivity index (χ1v) is 10.4. The maximum Gasteiger partial charge on any atom is 0.338 e. The number of carbonyl (C=O) groups is 2. The lowest BCUT2D eigenvalue weighted by Gasteiger charge is -2.33. The van der Waals surface area contributed by atoms with Crippen molar-refractivity contribution in [2.75, 3.05) is 20.3 Å². The fourth-order valence-electron chi connectivity index (χ4n) is 3.14. The molecule has 3 rings (SSSR count). The van der Waals surface area contributed by atoms with Crippen LogP contribution in [0.4, 0.5) is 0 Å². The first kappa shape index (κ1) is 20.1. The van der Waals surface area contributed by atoms with Crippen LogP contribution in [0, 0.1) is 0 Å². The van der Waals surface area contributed by atoms with Crippen molar-refractivity contribution in [2.24, 2.45) is 4.99 Å². The van der Waals surface area contributed by atoms with Crippen LogP contribution in [0.1, 0.15) is 31.9 Å². The van der Waals surface area contributed by atoms with Crippen LogP contribution in [0.3, 0.4) is 0 Å². The predicted octanol–water partition coefficient (Wildman–Crippen LogP) is 3.68. The van der Waals surface area contributed by atoms with E-state index in [1.807, 2.05) is 31.2 Å². The van der Waals surface area contributed by atoms with Crippen molar-refractivity contribution in [1.29, 1.82) is 0 Å². The molecule has 1 amide bonds. The number of benzene rings is 1.